The molecule has 154 valence electrons. The number of aromatic nitrogens is 1. The van der Waals surface area contributed by atoms with Crippen LogP contribution in [0.2, 0.25) is 0 Å². The van der Waals surface area contributed by atoms with Gasteiger partial charge in [-0.05, 0) is 48.6 Å². The van der Waals surface area contributed by atoms with Crippen LogP contribution in [0.1, 0.15) is 41.9 Å². The summed E-state index contributed by atoms with van der Waals surface area (Å²) in [7, 11) is 0. The number of fused-ring (bicyclic) bond motifs is 2. The minimum absolute atomic E-state index is 0.149. The fourth-order valence-corrected chi connectivity index (χ4v) is 3.58. The molecule has 1 unspecified atom stereocenters. The number of benzene rings is 2. The van der Waals surface area contributed by atoms with Crippen molar-refractivity contribution in [1.82, 2.24) is 10.4 Å². The monoisotopic (exact) mass is 403 g/mol. The third-order valence-electron chi connectivity index (χ3n) is 5.01. The molecule has 1 N–H and O–H groups in total. The molecule has 1 aliphatic rings. The quantitative estimate of drug-likeness (QED) is 0.465. The summed E-state index contributed by atoms with van der Waals surface area (Å²) < 4.78 is 10.8. The summed E-state index contributed by atoms with van der Waals surface area (Å²) in [5.41, 5.74) is 6.16. The van der Waals surface area contributed by atoms with Gasteiger partial charge in [-0.3, -0.25) is 9.78 Å². The Balaban J connectivity index is 1.43. The molecule has 0 bridgehead atoms. The summed E-state index contributed by atoms with van der Waals surface area (Å²) in [5.74, 6) is 1.48. The van der Waals surface area contributed by atoms with E-state index in [-0.39, 0.29) is 18.6 Å². The van der Waals surface area contributed by atoms with E-state index in [1.54, 1.807) is 6.21 Å². The third kappa shape index (κ3) is 4.43. The van der Waals surface area contributed by atoms with Gasteiger partial charge in [0, 0.05) is 17.3 Å². The number of hydrogen-bond acceptors (Lipinski definition) is 5. The molecular formula is C24H25N3O3. The van der Waals surface area contributed by atoms with Crippen LogP contribution in [-0.2, 0) is 12.8 Å². The van der Waals surface area contributed by atoms with Crippen LogP contribution < -0.4 is 14.9 Å². The number of carbonyl (C=O) groups is 1. The van der Waals surface area contributed by atoms with Gasteiger partial charge in [-0.15, -0.1) is 0 Å². The van der Waals surface area contributed by atoms with Gasteiger partial charge in [-0.1, -0.05) is 44.5 Å². The number of nitrogens with one attached hydrogen (secondary N) is 1. The van der Waals surface area contributed by atoms with Crippen molar-refractivity contribution in [3.8, 4) is 11.5 Å². The second-order valence-electron chi connectivity index (χ2n) is 7.52. The lowest BCUT2D eigenvalue weighted by Gasteiger charge is -2.09. The van der Waals surface area contributed by atoms with Crippen molar-refractivity contribution in [2.45, 2.75) is 33.1 Å². The van der Waals surface area contributed by atoms with Crippen LogP contribution in [0, 0.1) is 5.92 Å². The van der Waals surface area contributed by atoms with Gasteiger partial charge in [0.05, 0.1) is 11.1 Å². The number of rotatable bonds is 7. The predicted octanol–water partition coefficient (Wildman–Crippen LogP) is 4.51. The van der Waals surface area contributed by atoms with Gasteiger partial charge in [-0.25, -0.2) is 5.43 Å². The van der Waals surface area contributed by atoms with Gasteiger partial charge in [0.15, 0.2) is 11.5 Å². The van der Waals surface area contributed by atoms with Gasteiger partial charge < -0.3 is 9.47 Å². The molecule has 0 saturated heterocycles. The molecule has 0 fully saturated rings. The minimum Gasteiger partial charge on any atom is -0.454 e. The van der Waals surface area contributed by atoms with E-state index in [2.05, 4.69) is 29.4 Å². The number of carbonyl (C=O) groups excluding carboxylic acids is 1. The number of pyridine rings is 1. The Morgan fingerprint density at radius 1 is 1.20 bits per heavy atom. The Morgan fingerprint density at radius 3 is 2.90 bits per heavy atom. The van der Waals surface area contributed by atoms with Crippen molar-refractivity contribution >= 4 is 23.0 Å². The lowest BCUT2D eigenvalue weighted by atomic mass is 10.0. The van der Waals surface area contributed by atoms with Crippen LogP contribution in [0.3, 0.4) is 0 Å². The summed E-state index contributed by atoms with van der Waals surface area (Å²) in [6, 6.07) is 15.5. The average molecular weight is 403 g/mol. The Bertz CT molecular complexity index is 1090. The molecule has 4 rings (SSSR count). The summed E-state index contributed by atoms with van der Waals surface area (Å²) in [6.07, 6.45) is 4.36. The number of aryl methyl sites for hydroxylation is 1. The number of amides is 1. The van der Waals surface area contributed by atoms with Crippen molar-refractivity contribution in [1.29, 1.82) is 0 Å². The van der Waals surface area contributed by atoms with Crippen molar-refractivity contribution in [3.05, 3.63) is 65.4 Å². The van der Waals surface area contributed by atoms with E-state index in [0.29, 0.717) is 5.56 Å². The predicted molar refractivity (Wildman–Crippen MR) is 117 cm³/mol. The third-order valence-corrected chi connectivity index (χ3v) is 5.01. The number of ether oxygens (including phenoxy) is 2. The highest BCUT2D eigenvalue weighted by Crippen LogP contribution is 2.33. The largest absolute Gasteiger partial charge is 0.454 e. The second-order valence-corrected chi connectivity index (χ2v) is 7.52. The van der Waals surface area contributed by atoms with E-state index < -0.39 is 0 Å². The van der Waals surface area contributed by atoms with Crippen molar-refractivity contribution in [3.63, 3.8) is 0 Å². The summed E-state index contributed by atoms with van der Waals surface area (Å²) in [4.78, 5) is 17.5. The summed E-state index contributed by atoms with van der Waals surface area (Å²) in [6.45, 7) is 4.43. The van der Waals surface area contributed by atoms with Crippen LogP contribution in [-0.4, -0.2) is 23.9 Å². The molecular weight excluding hydrogens is 378 g/mol. The van der Waals surface area contributed by atoms with Crippen molar-refractivity contribution in [2.24, 2.45) is 11.0 Å². The van der Waals surface area contributed by atoms with E-state index in [1.807, 2.05) is 48.5 Å². The van der Waals surface area contributed by atoms with Crippen molar-refractivity contribution < 1.29 is 14.3 Å². The molecule has 0 saturated carbocycles. The molecule has 0 spiro atoms. The first-order valence-electron chi connectivity index (χ1n) is 10.2. The van der Waals surface area contributed by atoms with E-state index in [0.717, 1.165) is 52.9 Å². The van der Waals surface area contributed by atoms with Gasteiger partial charge in [0.1, 0.15) is 0 Å². The Labute approximate surface area is 175 Å². The first kappa shape index (κ1) is 19.9. The smallest absolute Gasteiger partial charge is 0.272 e. The van der Waals surface area contributed by atoms with Crippen LogP contribution >= 0.6 is 0 Å². The van der Waals surface area contributed by atoms with Gasteiger partial charge in [0.2, 0.25) is 6.79 Å². The molecule has 1 atom stereocenters. The van der Waals surface area contributed by atoms with E-state index >= 15 is 0 Å². The van der Waals surface area contributed by atoms with Crippen LogP contribution in [0.4, 0.5) is 0 Å². The highest BCUT2D eigenvalue weighted by molar-refractivity contribution is 6.06. The highest BCUT2D eigenvalue weighted by atomic mass is 16.7. The summed E-state index contributed by atoms with van der Waals surface area (Å²) in [5, 5.41) is 5.03. The maximum absolute atomic E-state index is 12.8. The van der Waals surface area contributed by atoms with Crippen LogP contribution in [0.25, 0.3) is 10.9 Å². The zero-order valence-electron chi connectivity index (χ0n) is 17.2. The second kappa shape index (κ2) is 8.95. The number of hydrazone groups is 1. The number of nitrogens with zero attached hydrogens (tertiary/aromatic N) is 2. The maximum Gasteiger partial charge on any atom is 0.272 e. The van der Waals surface area contributed by atoms with Gasteiger partial charge in [0.25, 0.3) is 5.91 Å². The van der Waals surface area contributed by atoms with Crippen LogP contribution in [0.5, 0.6) is 11.5 Å². The highest BCUT2D eigenvalue weighted by Gasteiger charge is 2.15. The lowest BCUT2D eigenvalue weighted by molar-refractivity contribution is 0.0956. The van der Waals surface area contributed by atoms with E-state index in [1.165, 1.54) is 0 Å². The zero-order valence-corrected chi connectivity index (χ0v) is 17.2. The summed E-state index contributed by atoms with van der Waals surface area (Å²) >= 11 is 0. The number of hydrogen-bond donors (Lipinski definition) is 1. The molecule has 2 heterocycles. The first-order chi connectivity index (χ1) is 14.6. The van der Waals surface area contributed by atoms with Crippen molar-refractivity contribution in [2.75, 3.05) is 6.79 Å². The molecule has 1 aromatic heterocycles. The van der Waals surface area contributed by atoms with Gasteiger partial charge >= 0.3 is 0 Å². The molecule has 6 heteroatoms. The first-order valence-corrected chi connectivity index (χ1v) is 10.2. The van der Waals surface area contributed by atoms with E-state index in [4.69, 9.17) is 9.47 Å². The lowest BCUT2D eigenvalue weighted by Crippen LogP contribution is -2.19. The topological polar surface area (TPSA) is 72.8 Å². The standard InChI is InChI=1S/C24H25N3O3/c1-3-6-18-13-20(19-7-4-5-8-21(19)26-18)24(28)27-25-14-16(2)11-17-9-10-22-23(12-17)30-15-29-22/h4-5,7-10,12-14,16H,3,6,11,15H2,1-2H3,(H,27,28)/b25-14+. The maximum atomic E-state index is 12.8. The van der Waals surface area contributed by atoms with Crippen LogP contribution in [0.15, 0.2) is 53.6 Å². The molecule has 2 aromatic carbocycles. The Kier molecular flexibility index (Phi) is 5.93. The van der Waals surface area contributed by atoms with Gasteiger partial charge in [-0.2, -0.15) is 5.10 Å². The fourth-order valence-electron chi connectivity index (χ4n) is 3.58. The Hall–Kier alpha value is -3.41. The number of para-hydroxylation sites is 1. The molecule has 3 aromatic rings. The average Bonchev–Trinajstić information content (AvgIpc) is 3.21. The molecule has 6 nitrogen and oxygen atoms in total. The normalized spacial score (nSPS) is 13.7. The molecule has 1 aliphatic heterocycles. The Morgan fingerprint density at radius 2 is 2.03 bits per heavy atom. The minimum atomic E-state index is -0.225. The zero-order chi connectivity index (χ0) is 20.9. The van der Waals surface area contributed by atoms with E-state index in [9.17, 15) is 4.79 Å². The molecule has 0 radical (unpaired) electrons. The SMILES string of the molecule is CCCc1cc(C(=O)N/N=C/C(C)Cc2ccc3c(c2)OCO3)c2ccccc2n1. The molecule has 1 amide bonds. The molecule has 30 heavy (non-hydrogen) atoms. The fraction of sp³-hybridized carbons (Fsp3) is 0.292. The molecule has 0 aliphatic carbocycles.